The number of amides is 2. The van der Waals surface area contributed by atoms with Crippen LogP contribution in [-0.4, -0.2) is 18.4 Å². The topological polar surface area (TPSA) is 72.2 Å². The van der Waals surface area contributed by atoms with Crippen LogP contribution in [0.4, 0.5) is 0 Å². The minimum atomic E-state index is -0.691. The normalized spacial score (nSPS) is 15.0. The number of rotatable bonds is 8. The van der Waals surface area contributed by atoms with Crippen LogP contribution in [0.5, 0.6) is 0 Å². The first kappa shape index (κ1) is 17.2. The molecule has 116 valence electrons. The molecule has 2 amide bonds. The number of hydrogen-bond donors (Lipinski definition) is 2. The zero-order chi connectivity index (χ0) is 15.9. The van der Waals surface area contributed by atoms with Gasteiger partial charge in [0.25, 0.3) is 0 Å². The summed E-state index contributed by atoms with van der Waals surface area (Å²) in [4.78, 5) is 24.0. The molecule has 2 atom stereocenters. The lowest BCUT2D eigenvalue weighted by Crippen LogP contribution is -2.45. The summed E-state index contributed by atoms with van der Waals surface area (Å²) >= 11 is 0. The molecule has 1 rings (SSSR count). The summed E-state index contributed by atoms with van der Waals surface area (Å²) in [5, 5.41) is 2.90. The van der Waals surface area contributed by atoms with Gasteiger partial charge in [-0.05, 0) is 25.3 Å². The van der Waals surface area contributed by atoms with Crippen LogP contribution < -0.4 is 11.1 Å². The Morgan fingerprint density at radius 3 is 2.33 bits per heavy atom. The average molecular weight is 290 g/mol. The molecule has 0 aromatic heterocycles. The van der Waals surface area contributed by atoms with E-state index in [2.05, 4.69) is 12.2 Å². The molecule has 0 aliphatic carbocycles. The van der Waals surface area contributed by atoms with Gasteiger partial charge in [0.05, 0.1) is 11.3 Å². The quantitative estimate of drug-likeness (QED) is 0.772. The van der Waals surface area contributed by atoms with E-state index in [1.807, 2.05) is 37.3 Å². The van der Waals surface area contributed by atoms with Crippen LogP contribution in [-0.2, 0) is 9.59 Å². The van der Waals surface area contributed by atoms with Gasteiger partial charge in [0, 0.05) is 6.54 Å². The fourth-order valence-electron chi connectivity index (χ4n) is 2.21. The van der Waals surface area contributed by atoms with Crippen molar-refractivity contribution < 1.29 is 9.59 Å². The molecule has 0 saturated heterocycles. The number of nitrogens with two attached hydrogens (primary N) is 1. The lowest BCUT2D eigenvalue weighted by Gasteiger charge is -2.26. The van der Waals surface area contributed by atoms with Crippen LogP contribution >= 0.6 is 0 Å². The zero-order valence-electron chi connectivity index (χ0n) is 13.2. The van der Waals surface area contributed by atoms with Gasteiger partial charge in [-0.15, -0.1) is 0 Å². The van der Waals surface area contributed by atoms with E-state index in [-0.39, 0.29) is 24.3 Å². The van der Waals surface area contributed by atoms with Gasteiger partial charge in [0.1, 0.15) is 0 Å². The van der Waals surface area contributed by atoms with E-state index in [1.165, 1.54) is 0 Å². The number of hydrogen-bond acceptors (Lipinski definition) is 2. The van der Waals surface area contributed by atoms with Gasteiger partial charge < -0.3 is 11.1 Å². The second-order valence-corrected chi connectivity index (χ2v) is 5.75. The summed E-state index contributed by atoms with van der Waals surface area (Å²) < 4.78 is 0. The lowest BCUT2D eigenvalue weighted by atomic mass is 9.86. The first-order valence-electron chi connectivity index (χ1n) is 7.57. The Hall–Kier alpha value is -1.84. The number of primary amides is 1. The average Bonchev–Trinajstić information content (AvgIpc) is 2.50. The van der Waals surface area contributed by atoms with Crippen molar-refractivity contribution in [1.82, 2.24) is 5.32 Å². The molecular formula is C17H26N2O2. The van der Waals surface area contributed by atoms with Gasteiger partial charge in [-0.25, -0.2) is 0 Å². The van der Waals surface area contributed by atoms with Crippen molar-refractivity contribution in [3.8, 4) is 0 Å². The number of benzene rings is 1. The van der Waals surface area contributed by atoms with E-state index in [0.717, 1.165) is 18.4 Å². The highest BCUT2D eigenvalue weighted by Crippen LogP contribution is 2.23. The molecule has 3 N–H and O–H groups in total. The molecular weight excluding hydrogens is 264 g/mol. The third-order valence-electron chi connectivity index (χ3n) is 4.12. The van der Waals surface area contributed by atoms with E-state index in [4.69, 9.17) is 5.73 Å². The molecule has 0 radical (unpaired) electrons. The highest BCUT2D eigenvalue weighted by molar-refractivity contribution is 5.85. The Kier molecular flexibility index (Phi) is 6.40. The Bertz CT molecular complexity index is 473. The van der Waals surface area contributed by atoms with Crippen molar-refractivity contribution in [1.29, 1.82) is 0 Å². The molecule has 0 bridgehead atoms. The standard InChI is InChI=1S/C17H26N2O2/c1-4-9-14(13-10-7-6-8-11-13)15(20)19-12-17(3,5-2)16(18)21/h6-8,10-11,14H,4-5,9,12H2,1-3H3,(H2,18,21)(H,19,20). The first-order valence-corrected chi connectivity index (χ1v) is 7.57. The molecule has 0 heterocycles. The lowest BCUT2D eigenvalue weighted by molar-refractivity contribution is -0.128. The van der Waals surface area contributed by atoms with Crippen LogP contribution in [0, 0.1) is 5.41 Å². The molecule has 1 aromatic carbocycles. The summed E-state index contributed by atoms with van der Waals surface area (Å²) in [6.45, 7) is 6.03. The maximum Gasteiger partial charge on any atom is 0.227 e. The summed E-state index contributed by atoms with van der Waals surface area (Å²) in [6, 6.07) is 9.74. The van der Waals surface area contributed by atoms with Gasteiger partial charge in [0.2, 0.25) is 11.8 Å². The van der Waals surface area contributed by atoms with E-state index >= 15 is 0 Å². The fraction of sp³-hybridized carbons (Fsp3) is 0.529. The number of nitrogens with one attached hydrogen (secondary N) is 1. The minimum Gasteiger partial charge on any atom is -0.369 e. The third kappa shape index (κ3) is 4.59. The molecule has 0 fully saturated rings. The summed E-state index contributed by atoms with van der Waals surface area (Å²) in [7, 11) is 0. The predicted octanol–water partition coefficient (Wildman–Crippen LogP) is 2.59. The Labute approximate surface area is 127 Å². The molecule has 4 heteroatoms. The highest BCUT2D eigenvalue weighted by atomic mass is 16.2. The van der Waals surface area contributed by atoms with E-state index in [1.54, 1.807) is 6.92 Å². The van der Waals surface area contributed by atoms with Crippen LogP contribution in [0.1, 0.15) is 51.5 Å². The summed E-state index contributed by atoms with van der Waals surface area (Å²) in [5.74, 6) is -0.591. The summed E-state index contributed by atoms with van der Waals surface area (Å²) in [6.07, 6.45) is 2.31. The fourth-order valence-corrected chi connectivity index (χ4v) is 2.21. The monoisotopic (exact) mass is 290 g/mol. The maximum absolute atomic E-state index is 12.5. The van der Waals surface area contributed by atoms with Crippen molar-refractivity contribution in [3.05, 3.63) is 35.9 Å². The van der Waals surface area contributed by atoms with E-state index < -0.39 is 5.41 Å². The highest BCUT2D eigenvalue weighted by Gasteiger charge is 2.30. The molecule has 0 aliphatic heterocycles. The zero-order valence-corrected chi connectivity index (χ0v) is 13.2. The van der Waals surface area contributed by atoms with Crippen LogP contribution in [0.15, 0.2) is 30.3 Å². The Morgan fingerprint density at radius 1 is 1.24 bits per heavy atom. The van der Waals surface area contributed by atoms with Crippen molar-refractivity contribution in [2.75, 3.05) is 6.54 Å². The van der Waals surface area contributed by atoms with Gasteiger partial charge in [-0.1, -0.05) is 50.6 Å². The van der Waals surface area contributed by atoms with Crippen molar-refractivity contribution in [3.63, 3.8) is 0 Å². The summed E-state index contributed by atoms with van der Waals surface area (Å²) in [5.41, 5.74) is 5.74. The largest absolute Gasteiger partial charge is 0.369 e. The second kappa shape index (κ2) is 7.81. The van der Waals surface area contributed by atoms with E-state index in [9.17, 15) is 9.59 Å². The van der Waals surface area contributed by atoms with Gasteiger partial charge in [-0.3, -0.25) is 9.59 Å². The maximum atomic E-state index is 12.5. The number of carbonyl (C=O) groups excluding carboxylic acids is 2. The smallest absolute Gasteiger partial charge is 0.227 e. The molecule has 21 heavy (non-hydrogen) atoms. The van der Waals surface area contributed by atoms with Crippen molar-refractivity contribution >= 4 is 11.8 Å². The molecule has 1 aromatic rings. The molecule has 4 nitrogen and oxygen atoms in total. The van der Waals surface area contributed by atoms with Crippen molar-refractivity contribution in [2.45, 2.75) is 46.0 Å². The SMILES string of the molecule is CCCC(C(=O)NCC(C)(CC)C(N)=O)c1ccccc1. The third-order valence-corrected chi connectivity index (χ3v) is 4.12. The molecule has 2 unspecified atom stereocenters. The van der Waals surface area contributed by atoms with E-state index in [0.29, 0.717) is 6.42 Å². The predicted molar refractivity (Wildman–Crippen MR) is 84.7 cm³/mol. The van der Waals surface area contributed by atoms with Gasteiger partial charge in [-0.2, -0.15) is 0 Å². The van der Waals surface area contributed by atoms with Crippen LogP contribution in [0.3, 0.4) is 0 Å². The first-order chi connectivity index (χ1) is 9.94. The molecule has 0 aliphatic rings. The van der Waals surface area contributed by atoms with Crippen LogP contribution in [0.25, 0.3) is 0 Å². The van der Waals surface area contributed by atoms with Gasteiger partial charge in [0.15, 0.2) is 0 Å². The second-order valence-electron chi connectivity index (χ2n) is 5.75. The number of carbonyl (C=O) groups is 2. The Balaban J connectivity index is 2.77. The van der Waals surface area contributed by atoms with Gasteiger partial charge >= 0.3 is 0 Å². The van der Waals surface area contributed by atoms with Crippen LogP contribution in [0.2, 0.25) is 0 Å². The minimum absolute atomic E-state index is 0.0380. The molecule has 0 spiro atoms. The molecule has 0 saturated carbocycles. The Morgan fingerprint density at radius 2 is 1.86 bits per heavy atom. The van der Waals surface area contributed by atoms with Crippen molar-refractivity contribution in [2.24, 2.45) is 11.1 Å².